The molecule has 7 rings (SSSR count). The number of aryl methyl sites for hydroxylation is 2. The van der Waals surface area contributed by atoms with Crippen molar-refractivity contribution in [3.8, 4) is 33.6 Å². The molecule has 0 N–H and O–H groups in total. The van der Waals surface area contributed by atoms with E-state index in [1.807, 2.05) is 35.7 Å². The Kier molecular flexibility index (Phi) is 12.8. The van der Waals surface area contributed by atoms with Gasteiger partial charge in [-0.3, -0.25) is 4.98 Å². The first-order valence-electron chi connectivity index (χ1n) is 18.2. The number of nitrogens with zero attached hydrogens (tertiary/aromatic N) is 3. The van der Waals surface area contributed by atoms with Gasteiger partial charge in [-0.15, -0.1) is 59.7 Å². The molecule has 0 spiro atoms. The molecule has 0 saturated heterocycles. The Labute approximate surface area is 329 Å². The first-order valence-corrected chi connectivity index (χ1v) is 22.5. The van der Waals surface area contributed by atoms with E-state index in [2.05, 4.69) is 161 Å². The molecule has 4 heterocycles. The van der Waals surface area contributed by atoms with E-state index in [4.69, 9.17) is 0 Å². The van der Waals surface area contributed by atoms with Gasteiger partial charge in [0.25, 0.3) is 0 Å². The van der Waals surface area contributed by atoms with E-state index in [9.17, 15) is 0 Å². The van der Waals surface area contributed by atoms with E-state index in [1.165, 1.54) is 47.6 Å². The van der Waals surface area contributed by atoms with Gasteiger partial charge in [0.15, 0.2) is 0 Å². The summed E-state index contributed by atoms with van der Waals surface area (Å²) in [5, 5.41) is 4.04. The molecule has 0 fully saturated rings. The summed E-state index contributed by atoms with van der Waals surface area (Å²) in [6.07, 6.45) is 6.33. The predicted octanol–water partition coefficient (Wildman–Crippen LogP) is 12.7. The van der Waals surface area contributed by atoms with Gasteiger partial charge in [0.1, 0.15) is 0 Å². The SMILES string of the molecule is CC(C)c1cc(-c2[c-]cccc2)ncc1[Si](C)(C)C.CCC(CC)c1ccnc(-c2[c-]cc3sc4ccc(-c5cc(C)nc(C)c5)cc4c3c2)c1.[Ir]. The number of rotatable bonds is 8. The Morgan fingerprint density at radius 1 is 0.731 bits per heavy atom. The Morgan fingerprint density at radius 3 is 2.10 bits per heavy atom. The zero-order chi connectivity index (χ0) is 36.3. The first kappa shape index (κ1) is 39.4. The van der Waals surface area contributed by atoms with Crippen molar-refractivity contribution < 1.29 is 20.1 Å². The van der Waals surface area contributed by atoms with E-state index in [0.29, 0.717) is 11.8 Å². The average Bonchev–Trinajstić information content (AvgIpc) is 3.49. The van der Waals surface area contributed by atoms with Crippen molar-refractivity contribution in [1.29, 1.82) is 0 Å². The molecular weight excluding hydrogens is 847 g/mol. The number of aromatic nitrogens is 3. The minimum atomic E-state index is -1.34. The maximum Gasteiger partial charge on any atom is 0.0799 e. The smallest absolute Gasteiger partial charge is 0.0799 e. The summed E-state index contributed by atoms with van der Waals surface area (Å²) in [5.41, 5.74) is 11.5. The zero-order valence-corrected chi connectivity index (χ0v) is 36.1. The summed E-state index contributed by atoms with van der Waals surface area (Å²) in [7, 11) is -1.34. The maximum atomic E-state index is 4.68. The van der Waals surface area contributed by atoms with Gasteiger partial charge in [0.05, 0.1) is 8.07 Å². The van der Waals surface area contributed by atoms with E-state index >= 15 is 0 Å². The Balaban J connectivity index is 0.000000225. The number of pyridine rings is 3. The third-order valence-electron chi connectivity index (χ3n) is 9.69. The summed E-state index contributed by atoms with van der Waals surface area (Å²) < 4.78 is 2.56. The number of hydrogen-bond donors (Lipinski definition) is 0. The van der Waals surface area contributed by atoms with Crippen LogP contribution in [0.15, 0.2) is 97.3 Å². The number of hydrogen-bond acceptors (Lipinski definition) is 4. The van der Waals surface area contributed by atoms with Crippen LogP contribution in [0, 0.1) is 26.0 Å². The molecule has 0 aliphatic carbocycles. The van der Waals surface area contributed by atoms with E-state index in [-0.39, 0.29) is 20.1 Å². The molecule has 6 heteroatoms. The van der Waals surface area contributed by atoms with Crippen LogP contribution < -0.4 is 5.19 Å². The molecule has 0 amide bonds. The number of benzene rings is 3. The molecule has 52 heavy (non-hydrogen) atoms. The van der Waals surface area contributed by atoms with Crippen molar-refractivity contribution in [2.24, 2.45) is 0 Å². The van der Waals surface area contributed by atoms with Crippen LogP contribution >= 0.6 is 11.3 Å². The van der Waals surface area contributed by atoms with Gasteiger partial charge in [-0.1, -0.05) is 82.0 Å². The van der Waals surface area contributed by atoms with Crippen LogP contribution in [0.3, 0.4) is 0 Å². The summed E-state index contributed by atoms with van der Waals surface area (Å²) >= 11 is 1.83. The standard InChI is InChI=1S/C29H27N2S.C17H22NSi.Ir/c1-5-20(6-2)22-11-12-30-27(17-22)23-8-10-29-26(16-23)25-15-21(7-9-28(25)32-29)24-13-18(3)31-19(4)14-24;1-13(2)15-11-16(14-9-7-6-8-10-14)18-12-17(15)19(3,4)5;/h7,9-17,20H,5-6H2,1-4H3;6-9,11-13H,1-5H3;/q2*-1;. The van der Waals surface area contributed by atoms with Gasteiger partial charge in [0, 0.05) is 48.6 Å². The Morgan fingerprint density at radius 2 is 1.44 bits per heavy atom. The molecule has 7 aromatic rings. The fraction of sp³-hybridized carbons (Fsp3) is 0.283. The molecule has 3 nitrogen and oxygen atoms in total. The second-order valence-corrected chi connectivity index (χ2v) is 21.0. The van der Waals surface area contributed by atoms with Gasteiger partial charge in [-0.25, -0.2) is 0 Å². The van der Waals surface area contributed by atoms with Crippen LogP contribution in [0.5, 0.6) is 0 Å². The minimum absolute atomic E-state index is 0. The fourth-order valence-electron chi connectivity index (χ4n) is 6.93. The van der Waals surface area contributed by atoms with Crippen molar-refractivity contribution in [3.05, 3.63) is 132 Å². The van der Waals surface area contributed by atoms with Gasteiger partial charge in [0.2, 0.25) is 0 Å². The second kappa shape index (κ2) is 16.9. The summed E-state index contributed by atoms with van der Waals surface area (Å²) in [4.78, 5) is 13.9. The molecule has 0 aliphatic heterocycles. The van der Waals surface area contributed by atoms with Crippen LogP contribution in [-0.4, -0.2) is 23.0 Å². The summed E-state index contributed by atoms with van der Waals surface area (Å²) in [6, 6.07) is 36.9. The quantitative estimate of drug-likeness (QED) is 0.113. The molecule has 0 aliphatic rings. The second-order valence-electron chi connectivity index (χ2n) is 14.9. The van der Waals surface area contributed by atoms with Crippen LogP contribution in [0.2, 0.25) is 19.6 Å². The third-order valence-corrected chi connectivity index (χ3v) is 12.9. The van der Waals surface area contributed by atoms with Crippen molar-refractivity contribution in [1.82, 2.24) is 15.0 Å². The molecule has 0 bridgehead atoms. The zero-order valence-electron chi connectivity index (χ0n) is 31.9. The molecule has 4 aromatic heterocycles. The molecule has 269 valence electrons. The molecular formula is C46H49IrN3SSi-2. The van der Waals surface area contributed by atoms with Crippen molar-refractivity contribution in [2.75, 3.05) is 0 Å². The molecule has 0 atom stereocenters. The maximum absolute atomic E-state index is 4.68. The largest absolute Gasteiger partial charge is 0.305 e. The first-order chi connectivity index (χ1) is 24.4. The van der Waals surface area contributed by atoms with E-state index in [0.717, 1.165) is 46.7 Å². The van der Waals surface area contributed by atoms with Crippen LogP contribution in [0.25, 0.3) is 53.8 Å². The predicted molar refractivity (Wildman–Crippen MR) is 223 cm³/mol. The molecule has 3 aromatic carbocycles. The van der Waals surface area contributed by atoms with Crippen LogP contribution in [0.1, 0.15) is 74.9 Å². The summed E-state index contributed by atoms with van der Waals surface area (Å²) in [5.74, 6) is 1.12. The number of thiophene rings is 1. The van der Waals surface area contributed by atoms with Crippen molar-refractivity contribution >= 4 is 44.8 Å². The Hall–Kier alpha value is -3.80. The monoisotopic (exact) mass is 896 g/mol. The van der Waals surface area contributed by atoms with E-state index in [1.54, 1.807) is 0 Å². The van der Waals surface area contributed by atoms with Crippen LogP contribution in [-0.2, 0) is 20.1 Å². The van der Waals surface area contributed by atoms with E-state index < -0.39 is 8.07 Å². The third kappa shape index (κ3) is 8.86. The van der Waals surface area contributed by atoms with Gasteiger partial charge in [-0.05, 0) is 107 Å². The minimum Gasteiger partial charge on any atom is -0.305 e. The van der Waals surface area contributed by atoms with Crippen LogP contribution in [0.4, 0.5) is 0 Å². The molecule has 1 radical (unpaired) electrons. The van der Waals surface area contributed by atoms with Gasteiger partial charge < -0.3 is 9.97 Å². The van der Waals surface area contributed by atoms with Crippen molar-refractivity contribution in [3.63, 3.8) is 0 Å². The average molecular weight is 896 g/mol. The fourth-order valence-corrected chi connectivity index (χ4v) is 9.66. The van der Waals surface area contributed by atoms with Crippen molar-refractivity contribution in [2.45, 2.75) is 85.9 Å². The number of fused-ring (bicyclic) bond motifs is 3. The molecule has 0 unspecified atom stereocenters. The normalized spacial score (nSPS) is 11.5. The van der Waals surface area contributed by atoms with Gasteiger partial charge >= 0.3 is 0 Å². The summed E-state index contributed by atoms with van der Waals surface area (Å²) in [6.45, 7) is 20.3. The topological polar surface area (TPSA) is 38.7 Å². The van der Waals surface area contributed by atoms with Gasteiger partial charge in [-0.2, -0.15) is 11.3 Å². The Bertz CT molecular complexity index is 2260. The molecule has 0 saturated carbocycles.